The molecule has 2 aliphatic rings. The first-order chi connectivity index (χ1) is 11.1. The van der Waals surface area contributed by atoms with E-state index in [-0.39, 0.29) is 23.8 Å². The molecule has 0 aliphatic carbocycles. The number of carbonyl (C=O) groups is 2. The van der Waals surface area contributed by atoms with Gasteiger partial charge in [0.2, 0.25) is 11.8 Å². The summed E-state index contributed by atoms with van der Waals surface area (Å²) < 4.78 is 0. The van der Waals surface area contributed by atoms with Crippen molar-refractivity contribution >= 4 is 11.8 Å². The van der Waals surface area contributed by atoms with Crippen molar-refractivity contribution in [3.8, 4) is 0 Å². The van der Waals surface area contributed by atoms with Gasteiger partial charge >= 0.3 is 0 Å². The first-order valence-electron chi connectivity index (χ1n) is 8.42. The lowest BCUT2D eigenvalue weighted by molar-refractivity contribution is -0.140. The van der Waals surface area contributed by atoms with Gasteiger partial charge in [-0.05, 0) is 19.5 Å². The summed E-state index contributed by atoms with van der Waals surface area (Å²) >= 11 is 0. The van der Waals surface area contributed by atoms with Crippen LogP contribution in [0.25, 0.3) is 0 Å². The number of hydrogen-bond acceptors (Lipinski definition) is 3. The molecule has 1 aromatic rings. The third kappa shape index (κ3) is 3.24. The van der Waals surface area contributed by atoms with Gasteiger partial charge in [0.15, 0.2) is 0 Å². The van der Waals surface area contributed by atoms with Crippen LogP contribution < -0.4 is 0 Å². The number of likely N-dealkylation sites (N-methyl/N-ethyl adjacent to an activating group) is 1. The van der Waals surface area contributed by atoms with Crippen LogP contribution in [0.1, 0.15) is 24.9 Å². The molecule has 0 bridgehead atoms. The van der Waals surface area contributed by atoms with Crippen LogP contribution in [0.2, 0.25) is 0 Å². The Morgan fingerprint density at radius 2 is 1.91 bits per heavy atom. The number of nitrogens with zero attached hydrogens (tertiary/aromatic N) is 3. The summed E-state index contributed by atoms with van der Waals surface area (Å²) in [6.45, 7) is 5.68. The Morgan fingerprint density at radius 1 is 1.17 bits per heavy atom. The Balaban J connectivity index is 1.79. The summed E-state index contributed by atoms with van der Waals surface area (Å²) in [7, 11) is 2.09. The van der Waals surface area contributed by atoms with Gasteiger partial charge < -0.3 is 14.7 Å². The Hall–Kier alpha value is -1.88. The van der Waals surface area contributed by atoms with Crippen molar-refractivity contribution in [1.29, 1.82) is 0 Å². The molecule has 0 spiro atoms. The normalized spacial score (nSPS) is 25.9. The second-order valence-corrected chi connectivity index (χ2v) is 6.55. The largest absolute Gasteiger partial charge is 0.342 e. The van der Waals surface area contributed by atoms with Gasteiger partial charge in [-0.2, -0.15) is 0 Å². The van der Waals surface area contributed by atoms with Crippen LogP contribution in [0.3, 0.4) is 0 Å². The molecule has 2 amide bonds. The third-order valence-corrected chi connectivity index (χ3v) is 5.00. The van der Waals surface area contributed by atoms with Crippen LogP contribution in [0.5, 0.6) is 0 Å². The molecule has 0 aromatic heterocycles. The minimum Gasteiger partial charge on any atom is -0.342 e. The predicted molar refractivity (Wildman–Crippen MR) is 88.8 cm³/mol. The topological polar surface area (TPSA) is 43.9 Å². The van der Waals surface area contributed by atoms with Gasteiger partial charge in [0, 0.05) is 39.1 Å². The standard InChI is InChI=1S/C18H25N3O2/c1-3-20-12-15(11-17(20)22)18(23)21-10-9-19(2)13-16(21)14-7-5-4-6-8-14/h4-8,15-16H,3,9-13H2,1-2H3/t15-,16-/m1/s1. The molecule has 2 aliphatic heterocycles. The summed E-state index contributed by atoms with van der Waals surface area (Å²) in [5, 5.41) is 0. The zero-order valence-corrected chi connectivity index (χ0v) is 13.9. The van der Waals surface area contributed by atoms with Gasteiger partial charge in [-0.25, -0.2) is 0 Å². The highest BCUT2D eigenvalue weighted by atomic mass is 16.2. The quantitative estimate of drug-likeness (QED) is 0.846. The smallest absolute Gasteiger partial charge is 0.228 e. The molecule has 2 atom stereocenters. The average molecular weight is 315 g/mol. The van der Waals surface area contributed by atoms with Gasteiger partial charge in [-0.3, -0.25) is 9.59 Å². The maximum Gasteiger partial charge on any atom is 0.228 e. The summed E-state index contributed by atoms with van der Waals surface area (Å²) in [5.74, 6) is 0.0598. The molecule has 23 heavy (non-hydrogen) atoms. The fourth-order valence-electron chi connectivity index (χ4n) is 3.62. The number of hydrogen-bond donors (Lipinski definition) is 0. The Labute approximate surface area is 137 Å². The van der Waals surface area contributed by atoms with E-state index in [1.165, 1.54) is 5.56 Å². The lowest BCUT2D eigenvalue weighted by atomic mass is 9.99. The average Bonchev–Trinajstić information content (AvgIpc) is 2.96. The van der Waals surface area contributed by atoms with E-state index in [4.69, 9.17) is 0 Å². The van der Waals surface area contributed by atoms with Gasteiger partial charge in [0.1, 0.15) is 0 Å². The molecule has 0 unspecified atom stereocenters. The molecule has 5 heteroatoms. The van der Waals surface area contributed by atoms with E-state index in [1.54, 1.807) is 4.90 Å². The molecule has 2 heterocycles. The van der Waals surface area contributed by atoms with Crippen molar-refractivity contribution in [3.05, 3.63) is 35.9 Å². The molecule has 3 rings (SSSR count). The zero-order valence-electron chi connectivity index (χ0n) is 13.9. The van der Waals surface area contributed by atoms with Crippen LogP contribution in [0.15, 0.2) is 30.3 Å². The molecular formula is C18H25N3O2. The third-order valence-electron chi connectivity index (χ3n) is 5.00. The van der Waals surface area contributed by atoms with Crippen molar-refractivity contribution in [2.45, 2.75) is 19.4 Å². The molecule has 0 saturated carbocycles. The van der Waals surface area contributed by atoms with Gasteiger partial charge in [0.05, 0.1) is 12.0 Å². The SMILES string of the molecule is CCN1C[C@H](C(=O)N2CCN(C)C[C@@H]2c2ccccc2)CC1=O. The van der Waals surface area contributed by atoms with E-state index < -0.39 is 0 Å². The summed E-state index contributed by atoms with van der Waals surface area (Å²) in [4.78, 5) is 31.0. The van der Waals surface area contributed by atoms with E-state index >= 15 is 0 Å². The number of rotatable bonds is 3. The Kier molecular flexibility index (Phi) is 4.66. The molecule has 1 aromatic carbocycles. The Bertz CT molecular complexity index is 575. The first-order valence-corrected chi connectivity index (χ1v) is 8.42. The first kappa shape index (κ1) is 16.0. The van der Waals surface area contributed by atoms with E-state index in [9.17, 15) is 9.59 Å². The molecule has 0 radical (unpaired) electrons. The number of amides is 2. The maximum atomic E-state index is 13.0. The molecule has 2 fully saturated rings. The van der Waals surface area contributed by atoms with Gasteiger partial charge in [-0.15, -0.1) is 0 Å². The minimum absolute atomic E-state index is 0.0771. The number of carbonyl (C=O) groups excluding carboxylic acids is 2. The summed E-state index contributed by atoms with van der Waals surface area (Å²) in [5.41, 5.74) is 1.17. The van der Waals surface area contributed by atoms with Crippen LogP contribution in [0.4, 0.5) is 0 Å². The van der Waals surface area contributed by atoms with Crippen LogP contribution in [-0.4, -0.2) is 66.3 Å². The number of piperazine rings is 1. The lowest BCUT2D eigenvalue weighted by Gasteiger charge is -2.41. The number of benzene rings is 1. The highest BCUT2D eigenvalue weighted by Crippen LogP contribution is 2.29. The van der Waals surface area contributed by atoms with Crippen molar-refractivity contribution < 1.29 is 9.59 Å². The monoisotopic (exact) mass is 315 g/mol. The van der Waals surface area contributed by atoms with E-state index in [0.717, 1.165) is 19.6 Å². The molecule has 5 nitrogen and oxygen atoms in total. The maximum absolute atomic E-state index is 13.0. The summed E-state index contributed by atoms with van der Waals surface area (Å²) in [6, 6.07) is 10.3. The molecule has 2 saturated heterocycles. The minimum atomic E-state index is -0.183. The van der Waals surface area contributed by atoms with Crippen molar-refractivity contribution in [3.63, 3.8) is 0 Å². The Morgan fingerprint density at radius 3 is 2.57 bits per heavy atom. The predicted octanol–water partition coefficient (Wildman–Crippen LogP) is 1.37. The zero-order chi connectivity index (χ0) is 16.4. The van der Waals surface area contributed by atoms with Crippen molar-refractivity contribution in [2.24, 2.45) is 5.92 Å². The van der Waals surface area contributed by atoms with Crippen LogP contribution in [-0.2, 0) is 9.59 Å². The molecule has 124 valence electrons. The molecular weight excluding hydrogens is 290 g/mol. The van der Waals surface area contributed by atoms with Crippen LogP contribution in [0, 0.1) is 5.92 Å². The highest BCUT2D eigenvalue weighted by Gasteiger charge is 2.39. The van der Waals surface area contributed by atoms with Crippen molar-refractivity contribution in [1.82, 2.24) is 14.7 Å². The lowest BCUT2D eigenvalue weighted by Crippen LogP contribution is -2.51. The second-order valence-electron chi connectivity index (χ2n) is 6.55. The second kappa shape index (κ2) is 6.71. The van der Waals surface area contributed by atoms with Crippen molar-refractivity contribution in [2.75, 3.05) is 39.8 Å². The fourth-order valence-corrected chi connectivity index (χ4v) is 3.62. The van der Waals surface area contributed by atoms with Crippen LogP contribution >= 0.6 is 0 Å². The summed E-state index contributed by atoms with van der Waals surface area (Å²) in [6.07, 6.45) is 0.362. The van der Waals surface area contributed by atoms with E-state index in [1.807, 2.05) is 30.0 Å². The fraction of sp³-hybridized carbons (Fsp3) is 0.556. The van der Waals surface area contributed by atoms with Gasteiger partial charge in [-0.1, -0.05) is 30.3 Å². The van der Waals surface area contributed by atoms with E-state index in [2.05, 4.69) is 24.1 Å². The molecule has 0 N–H and O–H groups in total. The van der Waals surface area contributed by atoms with Gasteiger partial charge in [0.25, 0.3) is 0 Å². The number of likely N-dealkylation sites (tertiary alicyclic amines) is 1. The highest BCUT2D eigenvalue weighted by molar-refractivity contribution is 5.89. The van der Waals surface area contributed by atoms with E-state index in [0.29, 0.717) is 19.5 Å².